The number of rotatable bonds is 4. The van der Waals surface area contributed by atoms with E-state index >= 15 is 0 Å². The van der Waals surface area contributed by atoms with Gasteiger partial charge in [0.05, 0.1) is 29.9 Å². The number of anilines is 1. The molecule has 8 nitrogen and oxygen atoms in total. The van der Waals surface area contributed by atoms with Gasteiger partial charge in [-0.25, -0.2) is 4.98 Å². The van der Waals surface area contributed by atoms with Crippen LogP contribution in [0.3, 0.4) is 0 Å². The molecule has 5 rings (SSSR count). The molecule has 2 aromatic heterocycles. The zero-order valence-electron chi connectivity index (χ0n) is 18.3. The van der Waals surface area contributed by atoms with Crippen LogP contribution < -0.4 is 5.73 Å². The lowest BCUT2D eigenvalue weighted by Gasteiger charge is -2.29. The van der Waals surface area contributed by atoms with Crippen molar-refractivity contribution in [2.75, 3.05) is 39.0 Å². The summed E-state index contributed by atoms with van der Waals surface area (Å²) in [7, 11) is 2.12. The Balaban J connectivity index is 1.50. The Hall–Kier alpha value is -3.69. The van der Waals surface area contributed by atoms with Gasteiger partial charge in [0.2, 0.25) is 0 Å². The van der Waals surface area contributed by atoms with Crippen LogP contribution in [0, 0.1) is 4.77 Å². The SMILES string of the molecule is CN1CCN(N=Nc2ccc(-c3cc(-c4ccccc4)c4c(N)[nH]c(=S)nc4n3)cc2)CC1. The minimum atomic E-state index is 0.309. The third-order valence-corrected chi connectivity index (χ3v) is 5.93. The van der Waals surface area contributed by atoms with E-state index in [-0.39, 0.29) is 0 Å². The summed E-state index contributed by atoms with van der Waals surface area (Å²) in [5.74, 6) is 0.461. The Bertz CT molecular complexity index is 1360. The van der Waals surface area contributed by atoms with E-state index in [1.54, 1.807) is 0 Å². The number of nitrogens with zero attached hydrogens (tertiary/aromatic N) is 6. The second-order valence-electron chi connectivity index (χ2n) is 8.07. The standard InChI is InChI=1S/C24H24N8S/c1-31-11-13-32(14-12-31)30-29-18-9-7-17(8-10-18)20-15-19(16-5-3-2-4-6-16)21-22(25)27-24(33)28-23(21)26-20/h2-10,15H,11-14H2,1H3,(H3,25,26,27,28,33). The Morgan fingerprint density at radius 2 is 1.67 bits per heavy atom. The molecular weight excluding hydrogens is 432 g/mol. The summed E-state index contributed by atoms with van der Waals surface area (Å²) in [5.41, 5.74) is 11.3. The van der Waals surface area contributed by atoms with Crippen molar-refractivity contribution >= 4 is 34.8 Å². The number of nitrogens with two attached hydrogens (primary N) is 1. The highest BCUT2D eigenvalue weighted by atomic mass is 32.1. The largest absolute Gasteiger partial charge is 0.385 e. The smallest absolute Gasteiger partial charge is 0.200 e. The van der Waals surface area contributed by atoms with Crippen molar-refractivity contribution < 1.29 is 0 Å². The number of hydrogen-bond acceptors (Lipinski definition) is 7. The van der Waals surface area contributed by atoms with Gasteiger partial charge in [-0.3, -0.25) is 5.01 Å². The first-order chi connectivity index (χ1) is 16.1. The maximum absolute atomic E-state index is 6.27. The molecule has 0 amide bonds. The first kappa shape index (κ1) is 21.2. The average Bonchev–Trinajstić information content (AvgIpc) is 2.83. The number of fused-ring (bicyclic) bond motifs is 1. The Morgan fingerprint density at radius 3 is 2.39 bits per heavy atom. The Labute approximate surface area is 196 Å². The molecule has 33 heavy (non-hydrogen) atoms. The highest BCUT2D eigenvalue weighted by molar-refractivity contribution is 7.71. The number of aromatic amines is 1. The molecule has 0 radical (unpaired) electrons. The maximum Gasteiger partial charge on any atom is 0.200 e. The average molecular weight is 457 g/mol. The van der Waals surface area contributed by atoms with Gasteiger partial charge in [0.15, 0.2) is 10.4 Å². The van der Waals surface area contributed by atoms with Gasteiger partial charge in [-0.1, -0.05) is 47.7 Å². The predicted molar refractivity (Wildman–Crippen MR) is 134 cm³/mol. The van der Waals surface area contributed by atoms with Crippen molar-refractivity contribution in [1.82, 2.24) is 24.9 Å². The van der Waals surface area contributed by atoms with Crippen molar-refractivity contribution in [2.24, 2.45) is 10.3 Å². The topological polar surface area (TPSA) is 98.8 Å². The van der Waals surface area contributed by atoms with Gasteiger partial charge in [0.25, 0.3) is 0 Å². The van der Waals surface area contributed by atoms with E-state index in [4.69, 9.17) is 22.9 Å². The molecule has 1 aliphatic rings. The van der Waals surface area contributed by atoms with Crippen LogP contribution >= 0.6 is 12.2 Å². The van der Waals surface area contributed by atoms with Gasteiger partial charge in [-0.2, -0.15) is 4.98 Å². The summed E-state index contributed by atoms with van der Waals surface area (Å²) in [5, 5.41) is 11.5. The van der Waals surface area contributed by atoms with Crippen LogP contribution in [-0.4, -0.2) is 58.1 Å². The van der Waals surface area contributed by atoms with E-state index in [0.717, 1.165) is 59.6 Å². The van der Waals surface area contributed by atoms with Crippen molar-refractivity contribution in [3.8, 4) is 22.4 Å². The minimum Gasteiger partial charge on any atom is -0.385 e. The monoisotopic (exact) mass is 456 g/mol. The second-order valence-corrected chi connectivity index (χ2v) is 8.46. The summed E-state index contributed by atoms with van der Waals surface area (Å²) in [6, 6.07) is 20.0. The highest BCUT2D eigenvalue weighted by Gasteiger charge is 2.14. The molecular formula is C24H24N8S. The first-order valence-corrected chi connectivity index (χ1v) is 11.2. The van der Waals surface area contributed by atoms with Crippen LogP contribution in [0.4, 0.5) is 11.5 Å². The summed E-state index contributed by atoms with van der Waals surface area (Å²) in [4.78, 5) is 14.4. The van der Waals surface area contributed by atoms with Crippen LogP contribution in [-0.2, 0) is 0 Å². The molecule has 3 N–H and O–H groups in total. The number of piperazine rings is 1. The number of aromatic nitrogens is 3. The first-order valence-electron chi connectivity index (χ1n) is 10.8. The lowest BCUT2D eigenvalue weighted by atomic mass is 10.00. The molecule has 2 aromatic carbocycles. The summed E-state index contributed by atoms with van der Waals surface area (Å²) >= 11 is 5.24. The highest BCUT2D eigenvalue weighted by Crippen LogP contribution is 2.34. The summed E-state index contributed by atoms with van der Waals surface area (Å²) in [6.45, 7) is 3.77. The quantitative estimate of drug-likeness (QED) is 0.336. The number of hydrogen-bond donors (Lipinski definition) is 2. The number of nitrogen functional groups attached to an aromatic ring is 1. The van der Waals surface area contributed by atoms with Crippen LogP contribution in [0.15, 0.2) is 71.0 Å². The van der Waals surface area contributed by atoms with E-state index in [1.807, 2.05) is 65.7 Å². The minimum absolute atomic E-state index is 0.309. The van der Waals surface area contributed by atoms with Crippen molar-refractivity contribution in [3.63, 3.8) is 0 Å². The zero-order chi connectivity index (χ0) is 22.8. The van der Waals surface area contributed by atoms with Crippen molar-refractivity contribution in [1.29, 1.82) is 0 Å². The third-order valence-electron chi connectivity index (χ3n) is 5.73. The molecule has 0 bridgehead atoms. The van der Waals surface area contributed by atoms with Gasteiger partial charge in [-0.05, 0) is 48.6 Å². The molecule has 4 aromatic rings. The molecule has 166 valence electrons. The number of pyridine rings is 1. The zero-order valence-corrected chi connectivity index (χ0v) is 19.1. The molecule has 0 atom stereocenters. The fourth-order valence-electron chi connectivity index (χ4n) is 3.87. The van der Waals surface area contributed by atoms with Gasteiger partial charge in [-0.15, -0.1) is 5.11 Å². The Kier molecular flexibility index (Phi) is 5.80. The molecule has 1 saturated heterocycles. The molecule has 9 heteroatoms. The molecule has 3 heterocycles. The number of likely N-dealkylation sites (N-methyl/N-ethyl adjacent to an activating group) is 1. The second kappa shape index (κ2) is 9.05. The number of H-pyrrole nitrogens is 1. The van der Waals surface area contributed by atoms with Gasteiger partial charge >= 0.3 is 0 Å². The van der Waals surface area contributed by atoms with Gasteiger partial charge in [0, 0.05) is 18.7 Å². The fourth-order valence-corrected chi connectivity index (χ4v) is 4.07. The summed E-state index contributed by atoms with van der Waals surface area (Å²) in [6.07, 6.45) is 0. The lowest BCUT2D eigenvalue weighted by molar-refractivity contribution is 0.150. The van der Waals surface area contributed by atoms with E-state index in [1.165, 1.54) is 0 Å². The predicted octanol–water partition coefficient (Wildman–Crippen LogP) is 4.85. The van der Waals surface area contributed by atoms with Crippen molar-refractivity contribution in [2.45, 2.75) is 0 Å². The lowest BCUT2D eigenvalue weighted by Crippen LogP contribution is -2.41. The van der Waals surface area contributed by atoms with Gasteiger partial charge in [0.1, 0.15) is 5.82 Å². The molecule has 1 aliphatic heterocycles. The number of benzene rings is 2. The molecule has 0 aliphatic carbocycles. The maximum atomic E-state index is 6.27. The molecule has 0 spiro atoms. The summed E-state index contributed by atoms with van der Waals surface area (Å²) < 4.78 is 0.309. The normalized spacial score (nSPS) is 14.9. The van der Waals surface area contributed by atoms with E-state index < -0.39 is 0 Å². The van der Waals surface area contributed by atoms with Crippen LogP contribution in [0.25, 0.3) is 33.4 Å². The molecule has 1 fully saturated rings. The van der Waals surface area contributed by atoms with Crippen LogP contribution in [0.2, 0.25) is 0 Å². The third kappa shape index (κ3) is 4.59. The number of nitrogens with one attached hydrogen (secondary N) is 1. The van der Waals surface area contributed by atoms with E-state index in [0.29, 0.717) is 16.2 Å². The Morgan fingerprint density at radius 1 is 0.939 bits per heavy atom. The van der Waals surface area contributed by atoms with E-state index in [9.17, 15) is 0 Å². The van der Waals surface area contributed by atoms with Gasteiger partial charge < -0.3 is 15.6 Å². The van der Waals surface area contributed by atoms with Crippen molar-refractivity contribution in [3.05, 3.63) is 65.4 Å². The van der Waals surface area contributed by atoms with E-state index in [2.05, 4.69) is 32.3 Å². The van der Waals surface area contributed by atoms with Crippen LogP contribution in [0.5, 0.6) is 0 Å². The molecule has 0 unspecified atom stereocenters. The molecule has 0 saturated carbocycles. The van der Waals surface area contributed by atoms with Crippen LogP contribution in [0.1, 0.15) is 0 Å². The fraction of sp³-hybridized carbons (Fsp3) is 0.208.